The highest BCUT2D eigenvalue weighted by atomic mass is 28.4. The number of hydrogen-bond donors (Lipinski definition) is 0. The van der Waals surface area contributed by atoms with Crippen molar-refractivity contribution in [2.75, 3.05) is 20.8 Å². The van der Waals surface area contributed by atoms with E-state index in [1.165, 1.54) is 0 Å². The predicted molar refractivity (Wildman–Crippen MR) is 150 cm³/mol. The van der Waals surface area contributed by atoms with E-state index in [9.17, 15) is 0 Å². The molecule has 1 aromatic heterocycles. The average Bonchev–Trinajstić information content (AvgIpc) is 3.01. The molecule has 1 aliphatic heterocycles. The van der Waals surface area contributed by atoms with Crippen molar-refractivity contribution in [3.05, 3.63) is 42.2 Å². The van der Waals surface area contributed by atoms with E-state index in [-0.39, 0.29) is 29.3 Å². The van der Waals surface area contributed by atoms with Gasteiger partial charge in [-0.25, -0.2) is 0 Å². The van der Waals surface area contributed by atoms with E-state index in [1.54, 1.807) is 14.2 Å². The van der Waals surface area contributed by atoms with Crippen molar-refractivity contribution in [1.82, 2.24) is 4.98 Å². The maximum Gasteiger partial charge on any atom is 0.458 e. The zero-order valence-corrected chi connectivity index (χ0v) is 25.0. The number of nitrogens with zero attached hydrogens (tertiary/aromatic N) is 1. The Balaban J connectivity index is 1.93. The summed E-state index contributed by atoms with van der Waals surface area (Å²) in [6, 6.07) is 8.12. The zero-order valence-electron chi connectivity index (χ0n) is 24.0. The summed E-state index contributed by atoms with van der Waals surface area (Å²) in [5.41, 5.74) is 2.39. The molecule has 0 bridgehead atoms. The largest absolute Gasteiger partial charge is 0.493 e. The summed E-state index contributed by atoms with van der Waals surface area (Å²) in [5.74, 6) is 1.46. The minimum absolute atomic E-state index is 0.0708. The van der Waals surface area contributed by atoms with Crippen molar-refractivity contribution >= 4 is 15.4 Å². The van der Waals surface area contributed by atoms with Gasteiger partial charge >= 0.3 is 7.12 Å². The Morgan fingerprint density at radius 2 is 1.53 bits per heavy atom. The number of aromatic nitrogens is 1. The Morgan fingerprint density at radius 1 is 0.917 bits per heavy atom. The monoisotopic (exact) mass is 513 g/mol. The lowest BCUT2D eigenvalue weighted by Crippen LogP contribution is -2.42. The summed E-state index contributed by atoms with van der Waals surface area (Å²) in [6.45, 7) is 20.3. The van der Waals surface area contributed by atoms with Crippen LogP contribution >= 0.6 is 0 Å². The molecule has 36 heavy (non-hydrogen) atoms. The van der Waals surface area contributed by atoms with Crippen LogP contribution < -0.4 is 9.47 Å². The fourth-order valence-corrected chi connectivity index (χ4v) is 5.02. The van der Waals surface area contributed by atoms with E-state index in [4.69, 9.17) is 23.2 Å². The van der Waals surface area contributed by atoms with Crippen LogP contribution in [-0.2, 0) is 13.7 Å². The molecule has 0 amide bonds. The first-order valence-electron chi connectivity index (χ1n) is 12.8. The molecule has 1 atom stereocenters. The number of pyridine rings is 1. The van der Waals surface area contributed by atoms with E-state index < -0.39 is 8.32 Å². The molecule has 1 saturated heterocycles. The Morgan fingerprint density at radius 3 is 2.08 bits per heavy atom. The topological polar surface area (TPSA) is 59.0 Å². The van der Waals surface area contributed by atoms with E-state index in [0.717, 1.165) is 16.7 Å². The first kappa shape index (κ1) is 28.7. The highest BCUT2D eigenvalue weighted by Gasteiger charge is 2.51. The van der Waals surface area contributed by atoms with Gasteiger partial charge in [-0.2, -0.15) is 0 Å². The summed E-state index contributed by atoms with van der Waals surface area (Å²) in [4.78, 5) is 4.61. The van der Waals surface area contributed by atoms with Gasteiger partial charge in [-0.15, -0.1) is 0 Å². The molecule has 0 saturated carbocycles. The molecule has 3 rings (SSSR count). The summed E-state index contributed by atoms with van der Waals surface area (Å²) in [5, 5.41) is 0.127. The molecule has 2 aromatic rings. The van der Waals surface area contributed by atoms with Crippen molar-refractivity contribution in [2.45, 2.75) is 90.0 Å². The van der Waals surface area contributed by atoms with E-state index in [0.29, 0.717) is 24.4 Å². The summed E-state index contributed by atoms with van der Waals surface area (Å²) in [7, 11) is 1.03. The second-order valence-electron chi connectivity index (χ2n) is 12.3. The van der Waals surface area contributed by atoms with Crippen LogP contribution in [0.25, 0.3) is 11.1 Å². The molecule has 8 heteroatoms. The SMILES string of the molecule is COc1ccc(-c2cncc(C(CO[Si](C)(C)C(C)(C)C)CB3OC(C)(C)C(C)(C)O3)c2)cc1OC. The Bertz CT molecular complexity index is 1030. The zero-order chi connectivity index (χ0) is 26.9. The molecule has 198 valence electrons. The molecular weight excluding hydrogens is 469 g/mol. The van der Waals surface area contributed by atoms with E-state index >= 15 is 0 Å². The van der Waals surface area contributed by atoms with Crippen LogP contribution in [0.2, 0.25) is 24.5 Å². The molecule has 0 spiro atoms. The van der Waals surface area contributed by atoms with Crippen molar-refractivity contribution in [3.63, 3.8) is 0 Å². The van der Waals surface area contributed by atoms with Crippen molar-refractivity contribution in [1.29, 1.82) is 0 Å². The summed E-state index contributed by atoms with van der Waals surface area (Å²) < 4.78 is 30.4. The number of ether oxygens (including phenoxy) is 2. The number of benzene rings is 1. The molecule has 2 heterocycles. The lowest BCUT2D eigenvalue weighted by atomic mass is 9.75. The summed E-state index contributed by atoms with van der Waals surface area (Å²) >= 11 is 0. The van der Waals surface area contributed by atoms with Crippen molar-refractivity contribution in [2.24, 2.45) is 0 Å². The lowest BCUT2D eigenvalue weighted by Gasteiger charge is -2.37. The van der Waals surface area contributed by atoms with Crippen LogP contribution in [0.4, 0.5) is 0 Å². The third-order valence-corrected chi connectivity index (χ3v) is 12.7. The molecular formula is C28H44BNO5Si. The molecule has 0 N–H and O–H groups in total. The number of hydrogen-bond acceptors (Lipinski definition) is 6. The first-order chi connectivity index (χ1) is 16.6. The van der Waals surface area contributed by atoms with Gasteiger partial charge in [-0.3, -0.25) is 4.98 Å². The fourth-order valence-electron chi connectivity index (χ4n) is 3.97. The van der Waals surface area contributed by atoms with Crippen molar-refractivity contribution < 1.29 is 23.2 Å². The second-order valence-corrected chi connectivity index (χ2v) is 17.1. The standard InChI is InChI=1S/C28H44BNO5Si/c1-26(2,3)36(10,11)33-19-23(16-29-34-27(4,5)28(6,7)35-29)22-14-21(17-30-18-22)20-12-13-24(31-8)25(15-20)32-9/h12-15,17-18,23H,16,19H2,1-11H3. The Hall–Kier alpha value is -1.87. The van der Waals surface area contributed by atoms with E-state index in [1.807, 2.05) is 30.6 Å². The molecule has 1 aromatic carbocycles. The van der Waals surface area contributed by atoms with Gasteiger partial charge in [0.2, 0.25) is 0 Å². The molecule has 1 aliphatic rings. The highest BCUT2D eigenvalue weighted by Crippen LogP contribution is 2.42. The Labute approximate surface area is 219 Å². The molecule has 1 fully saturated rings. The van der Waals surface area contributed by atoms with E-state index in [2.05, 4.69) is 72.6 Å². The predicted octanol–water partition coefficient (Wildman–Crippen LogP) is 6.96. The molecule has 0 radical (unpaired) electrons. The molecule has 0 aliphatic carbocycles. The molecule has 6 nitrogen and oxygen atoms in total. The van der Waals surface area contributed by atoms with Gasteiger partial charge in [0.25, 0.3) is 0 Å². The fraction of sp³-hybridized carbons (Fsp3) is 0.607. The third kappa shape index (κ3) is 6.15. The van der Waals surface area contributed by atoms with Gasteiger partial charge in [0.15, 0.2) is 19.8 Å². The average molecular weight is 514 g/mol. The van der Waals surface area contributed by atoms with Gasteiger partial charge in [0.1, 0.15) is 0 Å². The smallest absolute Gasteiger partial charge is 0.458 e. The Kier molecular flexibility index (Phi) is 8.35. The maximum absolute atomic E-state index is 6.70. The minimum atomic E-state index is -1.95. The van der Waals surface area contributed by atoms with Crippen LogP contribution in [0.5, 0.6) is 11.5 Å². The third-order valence-electron chi connectivity index (χ3n) is 8.18. The van der Waals surface area contributed by atoms with Gasteiger partial charge in [-0.1, -0.05) is 26.8 Å². The minimum Gasteiger partial charge on any atom is -0.493 e. The number of methoxy groups -OCH3 is 2. The van der Waals surface area contributed by atoms with Crippen LogP contribution in [-0.4, -0.2) is 52.4 Å². The highest BCUT2D eigenvalue weighted by molar-refractivity contribution is 6.74. The maximum atomic E-state index is 6.70. The van der Waals surface area contributed by atoms with Crippen LogP contribution in [0.3, 0.4) is 0 Å². The van der Waals surface area contributed by atoms with Crippen LogP contribution in [0.15, 0.2) is 36.7 Å². The van der Waals surface area contributed by atoms with Gasteiger partial charge in [0.05, 0.1) is 25.4 Å². The first-order valence-corrected chi connectivity index (χ1v) is 15.7. The quantitative estimate of drug-likeness (QED) is 0.338. The normalized spacial score (nSPS) is 18.2. The van der Waals surface area contributed by atoms with Gasteiger partial charge < -0.3 is 23.2 Å². The lowest BCUT2D eigenvalue weighted by molar-refractivity contribution is 0.00578. The van der Waals surface area contributed by atoms with Crippen LogP contribution in [0, 0.1) is 0 Å². The van der Waals surface area contributed by atoms with Gasteiger partial charge in [-0.05, 0) is 81.5 Å². The number of rotatable bonds is 9. The van der Waals surface area contributed by atoms with Crippen LogP contribution in [0.1, 0.15) is 59.9 Å². The van der Waals surface area contributed by atoms with Crippen molar-refractivity contribution in [3.8, 4) is 22.6 Å². The second kappa shape index (κ2) is 10.5. The summed E-state index contributed by atoms with van der Waals surface area (Å²) in [6.07, 6.45) is 4.51. The van der Waals surface area contributed by atoms with Gasteiger partial charge in [0, 0.05) is 30.5 Å². The molecule has 1 unspecified atom stereocenters.